The molecule has 0 fully saturated rings. The van der Waals surface area contributed by atoms with Crippen molar-refractivity contribution < 1.29 is 19.1 Å². The van der Waals surface area contributed by atoms with Crippen molar-refractivity contribution in [3.8, 4) is 0 Å². The molecule has 1 aliphatic rings. The third kappa shape index (κ3) is 3.70. The molecular weight excluding hydrogens is 348 g/mol. The molecule has 0 bridgehead atoms. The van der Waals surface area contributed by atoms with E-state index >= 15 is 0 Å². The van der Waals surface area contributed by atoms with Crippen molar-refractivity contribution in [2.24, 2.45) is 0 Å². The monoisotopic (exact) mass is 370 g/mol. The fraction of sp³-hybridized carbons (Fsp3) is 0.316. The van der Waals surface area contributed by atoms with Crippen LogP contribution in [0.3, 0.4) is 0 Å². The van der Waals surface area contributed by atoms with E-state index in [4.69, 9.17) is 9.47 Å². The highest BCUT2D eigenvalue weighted by atomic mass is 16.5. The van der Waals surface area contributed by atoms with Crippen LogP contribution in [0.15, 0.2) is 41.7 Å². The summed E-state index contributed by atoms with van der Waals surface area (Å²) in [6.07, 6.45) is 5.01. The minimum atomic E-state index is -0.707. The first-order valence-electron chi connectivity index (χ1n) is 8.88. The fourth-order valence-electron chi connectivity index (χ4n) is 2.76. The summed E-state index contributed by atoms with van der Waals surface area (Å²) in [5, 5.41) is 2.67. The Balaban J connectivity index is 1.96. The van der Waals surface area contributed by atoms with E-state index in [0.717, 1.165) is 10.9 Å². The number of allylic oxidation sites excluding steroid dienone is 1. The molecular formula is C19H22N4O4. The number of carbonyl (C=O) groups excluding carboxylic acids is 2. The van der Waals surface area contributed by atoms with E-state index < -0.39 is 11.8 Å². The normalized spacial score (nSPS) is 15.7. The standard InChI is InChI=1S/C19H22N4O4/c1-4-23(5-2)22-18-15(19(25)26-6-3)16(24)14(27-18)10-12-11-21-17-13(12)8-7-9-20-17/h7-11,22H,4-6H2,1-3H3,(H,20,21)/b14-10-. The van der Waals surface area contributed by atoms with E-state index in [2.05, 4.69) is 15.4 Å². The Labute approximate surface area is 156 Å². The first kappa shape index (κ1) is 18.7. The van der Waals surface area contributed by atoms with Crippen LogP contribution in [0.4, 0.5) is 0 Å². The second kappa shape index (κ2) is 8.05. The zero-order valence-electron chi connectivity index (χ0n) is 15.5. The Hall–Kier alpha value is -3.13. The molecule has 3 rings (SSSR count). The Kier molecular flexibility index (Phi) is 5.56. The minimum Gasteiger partial charge on any atom is -0.462 e. The van der Waals surface area contributed by atoms with Gasteiger partial charge in [-0.15, -0.1) is 0 Å². The number of pyridine rings is 1. The topological polar surface area (TPSA) is 96.6 Å². The molecule has 8 heteroatoms. The lowest BCUT2D eigenvalue weighted by Gasteiger charge is -2.21. The van der Waals surface area contributed by atoms with Crippen molar-refractivity contribution >= 4 is 28.9 Å². The highest BCUT2D eigenvalue weighted by Crippen LogP contribution is 2.28. The molecule has 142 valence electrons. The Morgan fingerprint density at radius 2 is 2.15 bits per heavy atom. The summed E-state index contributed by atoms with van der Waals surface area (Å²) in [5.41, 5.74) is 4.31. The summed E-state index contributed by atoms with van der Waals surface area (Å²) < 4.78 is 10.7. The number of ketones is 1. The molecule has 0 saturated heterocycles. The molecule has 0 atom stereocenters. The number of fused-ring (bicyclic) bond motifs is 1. The number of Topliss-reactive ketones (excluding diaryl/α,β-unsaturated/α-hetero) is 1. The van der Waals surface area contributed by atoms with Crippen molar-refractivity contribution in [2.75, 3.05) is 19.7 Å². The van der Waals surface area contributed by atoms with E-state index in [1.54, 1.807) is 25.4 Å². The largest absolute Gasteiger partial charge is 0.462 e. The second-order valence-electron chi connectivity index (χ2n) is 5.79. The number of carbonyl (C=O) groups is 2. The molecule has 2 aromatic rings. The minimum absolute atomic E-state index is 0.0532. The first-order chi connectivity index (χ1) is 13.1. The Morgan fingerprint density at radius 1 is 1.37 bits per heavy atom. The van der Waals surface area contributed by atoms with Gasteiger partial charge in [0.2, 0.25) is 11.7 Å². The van der Waals surface area contributed by atoms with Gasteiger partial charge in [-0.2, -0.15) is 0 Å². The third-order valence-corrected chi connectivity index (χ3v) is 4.16. The quantitative estimate of drug-likeness (QED) is 0.333. The number of esters is 1. The summed E-state index contributed by atoms with van der Waals surface area (Å²) in [5.74, 6) is -1.08. The molecule has 0 radical (unpaired) electrons. The Morgan fingerprint density at radius 3 is 2.85 bits per heavy atom. The average Bonchev–Trinajstić information content (AvgIpc) is 3.21. The van der Waals surface area contributed by atoms with Gasteiger partial charge in [-0.25, -0.2) is 14.8 Å². The van der Waals surface area contributed by atoms with E-state index in [9.17, 15) is 9.59 Å². The van der Waals surface area contributed by atoms with Gasteiger partial charge in [-0.3, -0.25) is 10.2 Å². The lowest BCUT2D eigenvalue weighted by atomic mass is 10.1. The van der Waals surface area contributed by atoms with Gasteiger partial charge in [-0.1, -0.05) is 13.8 Å². The number of H-pyrrole nitrogens is 1. The number of aromatic nitrogens is 2. The Bertz CT molecular complexity index is 925. The molecule has 0 saturated carbocycles. The molecule has 0 unspecified atom stereocenters. The van der Waals surface area contributed by atoms with Gasteiger partial charge in [0.05, 0.1) is 6.61 Å². The molecule has 0 aliphatic carbocycles. The zero-order valence-corrected chi connectivity index (χ0v) is 15.5. The van der Waals surface area contributed by atoms with Gasteiger partial charge in [-0.05, 0) is 25.1 Å². The lowest BCUT2D eigenvalue weighted by molar-refractivity contribution is -0.139. The van der Waals surface area contributed by atoms with E-state index in [0.29, 0.717) is 18.7 Å². The highest BCUT2D eigenvalue weighted by molar-refractivity contribution is 6.26. The number of ether oxygens (including phenoxy) is 2. The van der Waals surface area contributed by atoms with Crippen LogP contribution < -0.4 is 5.43 Å². The summed E-state index contributed by atoms with van der Waals surface area (Å²) in [4.78, 5) is 32.4. The SMILES string of the molecule is CCOC(=O)C1=C(NN(CC)CC)O/C(=C\c2c[nH]c3ncccc23)C1=O. The van der Waals surface area contributed by atoms with Crippen LogP contribution in [-0.4, -0.2) is 46.4 Å². The number of nitrogens with zero attached hydrogens (tertiary/aromatic N) is 2. The summed E-state index contributed by atoms with van der Waals surface area (Å²) in [6, 6.07) is 3.70. The van der Waals surface area contributed by atoms with Crippen LogP contribution in [0.5, 0.6) is 0 Å². The smallest absolute Gasteiger partial charge is 0.347 e. The predicted octanol–water partition coefficient (Wildman–Crippen LogP) is 2.12. The number of hydrazine groups is 1. The predicted molar refractivity (Wildman–Crippen MR) is 99.9 cm³/mol. The van der Waals surface area contributed by atoms with Gasteiger partial charge in [0, 0.05) is 36.4 Å². The maximum Gasteiger partial charge on any atom is 0.347 e. The lowest BCUT2D eigenvalue weighted by Crippen LogP contribution is -2.38. The summed E-state index contributed by atoms with van der Waals surface area (Å²) in [6.45, 7) is 7.09. The van der Waals surface area contributed by atoms with E-state index in [-0.39, 0.29) is 23.8 Å². The first-order valence-corrected chi connectivity index (χ1v) is 8.88. The van der Waals surface area contributed by atoms with Crippen LogP contribution in [-0.2, 0) is 19.1 Å². The zero-order chi connectivity index (χ0) is 19.4. The molecule has 3 heterocycles. The molecule has 8 nitrogen and oxygen atoms in total. The van der Waals surface area contributed by atoms with Crippen LogP contribution in [0.1, 0.15) is 26.3 Å². The molecule has 0 aromatic carbocycles. The molecule has 0 spiro atoms. The number of rotatable bonds is 7. The van der Waals surface area contributed by atoms with Gasteiger partial charge < -0.3 is 14.5 Å². The van der Waals surface area contributed by atoms with Gasteiger partial charge in [0.1, 0.15) is 5.65 Å². The number of hydrogen-bond donors (Lipinski definition) is 2. The van der Waals surface area contributed by atoms with E-state index in [1.807, 2.05) is 31.0 Å². The second-order valence-corrected chi connectivity index (χ2v) is 5.79. The summed E-state index contributed by atoms with van der Waals surface area (Å²) in [7, 11) is 0. The van der Waals surface area contributed by atoms with Crippen molar-refractivity contribution in [2.45, 2.75) is 20.8 Å². The van der Waals surface area contributed by atoms with Crippen molar-refractivity contribution in [3.63, 3.8) is 0 Å². The average molecular weight is 370 g/mol. The van der Waals surface area contributed by atoms with Crippen LogP contribution in [0, 0.1) is 0 Å². The molecule has 1 aliphatic heterocycles. The number of hydrogen-bond acceptors (Lipinski definition) is 7. The van der Waals surface area contributed by atoms with Crippen LogP contribution in [0.2, 0.25) is 0 Å². The van der Waals surface area contributed by atoms with Crippen LogP contribution >= 0.6 is 0 Å². The van der Waals surface area contributed by atoms with Gasteiger partial charge >= 0.3 is 5.97 Å². The summed E-state index contributed by atoms with van der Waals surface area (Å²) >= 11 is 0. The van der Waals surface area contributed by atoms with Crippen molar-refractivity contribution in [1.29, 1.82) is 0 Å². The molecule has 27 heavy (non-hydrogen) atoms. The maximum atomic E-state index is 12.8. The van der Waals surface area contributed by atoms with Gasteiger partial charge in [0.15, 0.2) is 11.3 Å². The van der Waals surface area contributed by atoms with Crippen molar-refractivity contribution in [1.82, 2.24) is 20.4 Å². The third-order valence-electron chi connectivity index (χ3n) is 4.16. The number of aromatic amines is 1. The molecule has 2 N–H and O–H groups in total. The van der Waals surface area contributed by atoms with E-state index in [1.165, 1.54) is 0 Å². The molecule has 0 amide bonds. The van der Waals surface area contributed by atoms with Crippen LogP contribution in [0.25, 0.3) is 17.1 Å². The fourth-order valence-corrected chi connectivity index (χ4v) is 2.76. The molecule has 2 aromatic heterocycles. The highest BCUT2D eigenvalue weighted by Gasteiger charge is 2.37. The maximum absolute atomic E-state index is 12.8. The van der Waals surface area contributed by atoms with Gasteiger partial charge in [0.25, 0.3) is 0 Å². The van der Waals surface area contributed by atoms with Crippen molar-refractivity contribution in [3.05, 3.63) is 47.3 Å². The number of nitrogens with one attached hydrogen (secondary N) is 2.